The molecule has 3 amide bonds. The molecule has 0 saturated carbocycles. The van der Waals surface area contributed by atoms with E-state index in [0.717, 1.165) is 11.0 Å². The quantitative estimate of drug-likeness (QED) is 0.153. The lowest BCUT2D eigenvalue weighted by Crippen LogP contribution is -2.57. The second-order valence-electron chi connectivity index (χ2n) is 11.4. The van der Waals surface area contributed by atoms with Gasteiger partial charge in [-0.3, -0.25) is 14.5 Å². The van der Waals surface area contributed by atoms with Gasteiger partial charge in [0.15, 0.2) is 18.4 Å². The fraction of sp³-hybridized carbons (Fsp3) is 0.265. The fourth-order valence-electron chi connectivity index (χ4n) is 4.94. The Morgan fingerprint density at radius 1 is 1.04 bits per heavy atom. The molecule has 0 spiro atoms. The van der Waals surface area contributed by atoms with Crippen molar-refractivity contribution in [3.05, 3.63) is 84.1 Å². The SMILES string of the molecule is COCOc1cc(F)ccc1-c1cc(-c2cccc(NC(=O)[C@H](COC)N(C(=O)O)C(C)(C)C)c2)c(C#N)c(NC(=O)c2ccco2)n1. The van der Waals surface area contributed by atoms with Crippen molar-refractivity contribution >= 4 is 29.4 Å². The number of hydrogen-bond acceptors (Lipinski definition) is 9. The molecule has 2 heterocycles. The van der Waals surface area contributed by atoms with Crippen LogP contribution in [-0.2, 0) is 14.3 Å². The van der Waals surface area contributed by atoms with E-state index in [-0.39, 0.29) is 47.7 Å². The van der Waals surface area contributed by atoms with E-state index in [9.17, 15) is 29.1 Å². The average Bonchev–Trinajstić information content (AvgIpc) is 3.58. The number of amides is 3. The third kappa shape index (κ3) is 8.13. The summed E-state index contributed by atoms with van der Waals surface area (Å²) in [6, 6.07) is 15.7. The molecule has 0 radical (unpaired) electrons. The molecule has 0 bridgehead atoms. The molecule has 4 aromatic rings. The van der Waals surface area contributed by atoms with Crippen molar-refractivity contribution in [2.45, 2.75) is 32.4 Å². The first kappa shape index (κ1) is 35.1. The van der Waals surface area contributed by atoms with E-state index in [1.807, 2.05) is 0 Å². The topological polar surface area (TPSA) is 176 Å². The highest BCUT2D eigenvalue weighted by atomic mass is 19.1. The molecule has 0 fully saturated rings. The van der Waals surface area contributed by atoms with Crippen molar-refractivity contribution in [3.63, 3.8) is 0 Å². The predicted molar refractivity (Wildman–Crippen MR) is 173 cm³/mol. The first-order valence-corrected chi connectivity index (χ1v) is 14.5. The minimum Gasteiger partial charge on any atom is -0.467 e. The fourth-order valence-corrected chi connectivity index (χ4v) is 4.94. The number of halogens is 1. The van der Waals surface area contributed by atoms with Gasteiger partial charge >= 0.3 is 6.09 Å². The first-order valence-electron chi connectivity index (χ1n) is 14.5. The highest BCUT2D eigenvalue weighted by Crippen LogP contribution is 2.37. The monoisotopic (exact) mass is 659 g/mol. The van der Waals surface area contributed by atoms with E-state index in [4.69, 9.17) is 18.6 Å². The Kier molecular flexibility index (Phi) is 11.1. The molecule has 250 valence electrons. The number of nitrogens with zero attached hydrogens (tertiary/aromatic N) is 3. The number of nitrogens with one attached hydrogen (secondary N) is 2. The van der Waals surface area contributed by atoms with E-state index in [0.29, 0.717) is 16.7 Å². The van der Waals surface area contributed by atoms with Gasteiger partial charge < -0.3 is 34.4 Å². The number of methoxy groups -OCH3 is 2. The Morgan fingerprint density at radius 2 is 1.81 bits per heavy atom. The van der Waals surface area contributed by atoms with Gasteiger partial charge in [-0.2, -0.15) is 5.26 Å². The summed E-state index contributed by atoms with van der Waals surface area (Å²) in [4.78, 5) is 44.2. The zero-order valence-electron chi connectivity index (χ0n) is 26.9. The second-order valence-corrected chi connectivity index (χ2v) is 11.4. The van der Waals surface area contributed by atoms with Crippen LogP contribution in [0.4, 0.5) is 20.7 Å². The minimum absolute atomic E-state index is 0.0225. The molecule has 0 aliphatic rings. The van der Waals surface area contributed by atoms with Crippen LogP contribution in [0.3, 0.4) is 0 Å². The van der Waals surface area contributed by atoms with Crippen LogP contribution in [0, 0.1) is 17.1 Å². The van der Waals surface area contributed by atoms with Crippen LogP contribution in [0.1, 0.15) is 36.9 Å². The van der Waals surface area contributed by atoms with Gasteiger partial charge in [0.2, 0.25) is 5.91 Å². The number of ether oxygens (including phenoxy) is 3. The normalized spacial score (nSPS) is 11.7. The van der Waals surface area contributed by atoms with E-state index in [1.165, 1.54) is 44.7 Å². The van der Waals surface area contributed by atoms with Gasteiger partial charge in [0.1, 0.15) is 29.2 Å². The predicted octanol–water partition coefficient (Wildman–Crippen LogP) is 5.99. The second kappa shape index (κ2) is 15.2. The van der Waals surface area contributed by atoms with Crippen LogP contribution < -0.4 is 15.4 Å². The van der Waals surface area contributed by atoms with Gasteiger partial charge in [0, 0.05) is 42.6 Å². The Labute approximate surface area is 275 Å². The van der Waals surface area contributed by atoms with Crippen molar-refractivity contribution in [2.24, 2.45) is 0 Å². The summed E-state index contributed by atoms with van der Waals surface area (Å²) in [7, 11) is 2.77. The van der Waals surface area contributed by atoms with Gasteiger partial charge in [-0.1, -0.05) is 12.1 Å². The highest BCUT2D eigenvalue weighted by molar-refractivity contribution is 6.03. The van der Waals surface area contributed by atoms with Gasteiger partial charge in [-0.05, 0) is 68.8 Å². The Morgan fingerprint density at radius 3 is 2.44 bits per heavy atom. The summed E-state index contributed by atoms with van der Waals surface area (Å²) in [5.74, 6) is -1.94. The molecule has 0 aliphatic heterocycles. The summed E-state index contributed by atoms with van der Waals surface area (Å²) in [5, 5.41) is 25.6. The molecular formula is C34H34FN5O8. The maximum Gasteiger partial charge on any atom is 0.408 e. The number of anilines is 2. The number of pyridine rings is 1. The molecule has 0 saturated heterocycles. The van der Waals surface area contributed by atoms with Gasteiger partial charge in [0.05, 0.1) is 18.6 Å². The third-order valence-electron chi connectivity index (χ3n) is 6.97. The van der Waals surface area contributed by atoms with Crippen LogP contribution in [0.15, 0.2) is 71.3 Å². The van der Waals surface area contributed by atoms with Crippen molar-refractivity contribution in [1.82, 2.24) is 9.88 Å². The highest BCUT2D eigenvalue weighted by Gasteiger charge is 2.37. The number of benzene rings is 2. The summed E-state index contributed by atoms with van der Waals surface area (Å²) in [6.07, 6.45) is 0.0248. The standard InChI is InChI=1S/C34H34FN5O8/c1-34(2,3)40(33(43)44)27(18-45-4)31(41)37-22-9-6-8-20(14-22)24-16-26(23-12-11-21(35)15-29(23)48-19-46-5)38-30(25(24)17-36)39-32(42)28-10-7-13-47-28/h6-16,27H,18-19H2,1-5H3,(H,37,41)(H,43,44)(H,38,39,42)/t27-/m0/s1. The Hall–Kier alpha value is -5.78. The smallest absolute Gasteiger partial charge is 0.408 e. The maximum absolute atomic E-state index is 14.2. The molecule has 0 unspecified atom stereocenters. The number of carbonyl (C=O) groups excluding carboxylic acids is 2. The number of hydrogen-bond donors (Lipinski definition) is 3. The Balaban J connectivity index is 1.83. The van der Waals surface area contributed by atoms with Crippen molar-refractivity contribution < 1.29 is 42.5 Å². The summed E-state index contributed by atoms with van der Waals surface area (Å²) in [5.41, 5.74) is 0.601. The number of nitriles is 1. The number of rotatable bonds is 12. The van der Waals surface area contributed by atoms with E-state index in [1.54, 1.807) is 51.1 Å². The minimum atomic E-state index is -1.30. The van der Waals surface area contributed by atoms with Crippen molar-refractivity contribution in [2.75, 3.05) is 38.3 Å². The molecule has 1 atom stereocenters. The molecule has 0 aliphatic carbocycles. The maximum atomic E-state index is 14.2. The molecule has 13 nitrogen and oxygen atoms in total. The van der Waals surface area contributed by atoms with Gasteiger partial charge in [-0.15, -0.1) is 0 Å². The van der Waals surface area contributed by atoms with Crippen molar-refractivity contribution in [1.29, 1.82) is 5.26 Å². The van der Waals surface area contributed by atoms with Crippen LogP contribution >= 0.6 is 0 Å². The summed E-state index contributed by atoms with van der Waals surface area (Å²) < 4.78 is 35.2. The lowest BCUT2D eigenvalue weighted by molar-refractivity contribution is -0.124. The molecule has 2 aromatic heterocycles. The molecule has 14 heteroatoms. The van der Waals surface area contributed by atoms with E-state index in [2.05, 4.69) is 21.7 Å². The average molecular weight is 660 g/mol. The Bertz CT molecular complexity index is 1830. The zero-order chi connectivity index (χ0) is 35.0. The van der Waals surface area contributed by atoms with Gasteiger partial charge in [-0.25, -0.2) is 14.2 Å². The van der Waals surface area contributed by atoms with Crippen LogP contribution in [0.5, 0.6) is 5.75 Å². The molecule has 3 N–H and O–H groups in total. The zero-order valence-corrected chi connectivity index (χ0v) is 26.9. The van der Waals surface area contributed by atoms with Gasteiger partial charge in [0.25, 0.3) is 5.91 Å². The van der Waals surface area contributed by atoms with E-state index >= 15 is 0 Å². The van der Waals surface area contributed by atoms with E-state index < -0.39 is 35.3 Å². The molecular weight excluding hydrogens is 625 g/mol. The molecule has 2 aromatic carbocycles. The largest absolute Gasteiger partial charge is 0.467 e. The van der Waals surface area contributed by atoms with Crippen LogP contribution in [0.25, 0.3) is 22.4 Å². The number of carboxylic acid groups (broad SMARTS) is 1. The lowest BCUT2D eigenvalue weighted by atomic mass is 9.97. The number of carbonyl (C=O) groups is 3. The van der Waals surface area contributed by atoms with Crippen LogP contribution in [0.2, 0.25) is 0 Å². The molecule has 4 rings (SSSR count). The van der Waals surface area contributed by atoms with Crippen LogP contribution in [-0.4, -0.2) is 72.1 Å². The first-order chi connectivity index (χ1) is 22.9. The summed E-state index contributed by atoms with van der Waals surface area (Å²) >= 11 is 0. The van der Waals surface area contributed by atoms with Crippen molar-refractivity contribution in [3.8, 4) is 34.2 Å². The summed E-state index contributed by atoms with van der Waals surface area (Å²) in [6.45, 7) is 4.60. The number of furan rings is 1. The molecule has 48 heavy (non-hydrogen) atoms. The third-order valence-corrected chi connectivity index (χ3v) is 6.97. The number of aromatic nitrogens is 1. The lowest BCUT2D eigenvalue weighted by Gasteiger charge is -2.38.